The number of ether oxygens (including phenoxy) is 1. The highest BCUT2D eigenvalue weighted by Gasteiger charge is 2.15. The number of carbonyl (C=O) groups is 1. The molecule has 1 N–H and O–H groups in total. The smallest absolute Gasteiger partial charge is 0.260 e. The highest BCUT2D eigenvalue weighted by molar-refractivity contribution is 7.98. The van der Waals surface area contributed by atoms with E-state index in [1.165, 1.54) is 6.07 Å². The van der Waals surface area contributed by atoms with Gasteiger partial charge in [0.05, 0.1) is 5.02 Å². The predicted molar refractivity (Wildman–Crippen MR) is 97.1 cm³/mol. The minimum Gasteiger partial charge on any atom is -0.479 e. The molecule has 1 atom stereocenters. The predicted octanol–water partition coefficient (Wildman–Crippen LogP) is 4.30. The zero-order chi connectivity index (χ0) is 17.4. The van der Waals surface area contributed by atoms with Crippen molar-refractivity contribution in [1.29, 1.82) is 0 Å². The van der Waals surface area contributed by atoms with Gasteiger partial charge in [0.1, 0.15) is 11.6 Å². The Bertz CT molecular complexity index is 684. The van der Waals surface area contributed by atoms with Crippen LogP contribution in [0.2, 0.25) is 5.02 Å². The fourth-order valence-corrected chi connectivity index (χ4v) is 3.00. The average molecular weight is 368 g/mol. The molecule has 0 fully saturated rings. The van der Waals surface area contributed by atoms with Crippen molar-refractivity contribution in [1.82, 2.24) is 5.32 Å². The van der Waals surface area contributed by atoms with Gasteiger partial charge in [0.25, 0.3) is 5.91 Å². The van der Waals surface area contributed by atoms with Crippen molar-refractivity contribution in [2.45, 2.75) is 18.8 Å². The summed E-state index contributed by atoms with van der Waals surface area (Å²) in [6.07, 6.45) is -0.638. The Morgan fingerprint density at radius 3 is 2.71 bits per heavy atom. The first kappa shape index (κ1) is 18.6. The van der Waals surface area contributed by atoms with Gasteiger partial charge in [-0.1, -0.05) is 41.9 Å². The van der Waals surface area contributed by atoms with Crippen LogP contribution in [0.5, 0.6) is 5.75 Å². The number of hydrogen-bond donors (Lipinski definition) is 1. The van der Waals surface area contributed by atoms with E-state index in [1.807, 2.05) is 6.07 Å². The summed E-state index contributed by atoms with van der Waals surface area (Å²) in [6, 6.07) is 13.7. The molecule has 1 amide bonds. The zero-order valence-electron chi connectivity index (χ0n) is 13.3. The SMILES string of the molecule is C[C@H](Oc1ccccc1Cl)C(=O)NCCSCc1ccccc1F. The second-order valence-corrected chi connectivity index (χ2v) is 6.64. The van der Waals surface area contributed by atoms with E-state index >= 15 is 0 Å². The van der Waals surface area contributed by atoms with Gasteiger partial charge in [-0.15, -0.1) is 0 Å². The maximum absolute atomic E-state index is 13.5. The quantitative estimate of drug-likeness (QED) is 0.707. The van der Waals surface area contributed by atoms with Gasteiger partial charge in [0.15, 0.2) is 6.10 Å². The van der Waals surface area contributed by atoms with Crippen molar-refractivity contribution in [3.63, 3.8) is 0 Å². The van der Waals surface area contributed by atoms with Crippen LogP contribution in [-0.2, 0) is 10.5 Å². The van der Waals surface area contributed by atoms with Crippen LogP contribution < -0.4 is 10.1 Å². The summed E-state index contributed by atoms with van der Waals surface area (Å²) in [7, 11) is 0. The number of carbonyl (C=O) groups excluding carboxylic acids is 1. The molecule has 0 aromatic heterocycles. The van der Waals surface area contributed by atoms with Gasteiger partial charge in [-0.2, -0.15) is 11.8 Å². The molecule has 0 aliphatic carbocycles. The van der Waals surface area contributed by atoms with Crippen molar-refractivity contribution >= 4 is 29.3 Å². The summed E-state index contributed by atoms with van der Waals surface area (Å²) < 4.78 is 19.0. The van der Waals surface area contributed by atoms with Crippen LogP contribution in [0, 0.1) is 5.82 Å². The molecule has 3 nitrogen and oxygen atoms in total. The molecule has 2 aromatic carbocycles. The van der Waals surface area contributed by atoms with Crippen LogP contribution in [0.1, 0.15) is 12.5 Å². The van der Waals surface area contributed by atoms with E-state index in [4.69, 9.17) is 16.3 Å². The van der Waals surface area contributed by atoms with E-state index in [0.717, 1.165) is 0 Å². The first-order valence-electron chi connectivity index (χ1n) is 7.58. The molecule has 0 aliphatic rings. The Morgan fingerprint density at radius 2 is 1.96 bits per heavy atom. The second kappa shape index (κ2) is 9.55. The lowest BCUT2D eigenvalue weighted by molar-refractivity contribution is -0.127. The Labute approximate surface area is 150 Å². The molecule has 2 aromatic rings. The number of amides is 1. The molecule has 0 heterocycles. The minimum atomic E-state index is -0.638. The van der Waals surface area contributed by atoms with Crippen LogP contribution >= 0.6 is 23.4 Å². The van der Waals surface area contributed by atoms with Gasteiger partial charge < -0.3 is 10.1 Å². The molecular weight excluding hydrogens is 349 g/mol. The lowest BCUT2D eigenvalue weighted by atomic mass is 10.2. The van der Waals surface area contributed by atoms with Crippen molar-refractivity contribution in [2.24, 2.45) is 0 Å². The molecule has 6 heteroatoms. The topological polar surface area (TPSA) is 38.3 Å². The monoisotopic (exact) mass is 367 g/mol. The molecule has 2 rings (SSSR count). The highest BCUT2D eigenvalue weighted by atomic mass is 35.5. The van der Waals surface area contributed by atoms with E-state index in [1.54, 1.807) is 55.1 Å². The van der Waals surface area contributed by atoms with Crippen LogP contribution in [0.3, 0.4) is 0 Å². The summed E-state index contributed by atoms with van der Waals surface area (Å²) in [6.45, 7) is 2.17. The maximum Gasteiger partial charge on any atom is 0.260 e. The first-order chi connectivity index (χ1) is 11.6. The van der Waals surface area contributed by atoms with Gasteiger partial charge in [-0.3, -0.25) is 4.79 Å². The van der Waals surface area contributed by atoms with Crippen molar-refractivity contribution in [2.75, 3.05) is 12.3 Å². The number of nitrogens with one attached hydrogen (secondary N) is 1. The van der Waals surface area contributed by atoms with E-state index in [0.29, 0.717) is 34.4 Å². The largest absolute Gasteiger partial charge is 0.479 e. The van der Waals surface area contributed by atoms with Crippen molar-refractivity contribution < 1.29 is 13.9 Å². The van der Waals surface area contributed by atoms with Gasteiger partial charge in [-0.05, 0) is 30.7 Å². The molecule has 0 aliphatic heterocycles. The van der Waals surface area contributed by atoms with Gasteiger partial charge >= 0.3 is 0 Å². The fraction of sp³-hybridized carbons (Fsp3) is 0.278. The lowest BCUT2D eigenvalue weighted by Gasteiger charge is -2.15. The summed E-state index contributed by atoms with van der Waals surface area (Å²) in [5.41, 5.74) is 0.671. The molecule has 0 radical (unpaired) electrons. The Hall–Kier alpha value is -1.72. The van der Waals surface area contributed by atoms with E-state index < -0.39 is 6.10 Å². The maximum atomic E-state index is 13.5. The molecule has 128 valence electrons. The molecule has 0 saturated carbocycles. The van der Waals surface area contributed by atoms with E-state index in [9.17, 15) is 9.18 Å². The number of benzene rings is 2. The number of thioether (sulfide) groups is 1. The van der Waals surface area contributed by atoms with Gasteiger partial charge in [0.2, 0.25) is 0 Å². The standard InChI is InChI=1S/C18H19ClFNO2S/c1-13(23-17-9-5-3-7-15(17)19)18(22)21-10-11-24-12-14-6-2-4-8-16(14)20/h2-9,13H,10-12H2,1H3,(H,21,22)/t13-/m0/s1. The zero-order valence-corrected chi connectivity index (χ0v) is 14.9. The molecular formula is C18H19ClFNO2S. The number of halogens is 2. The first-order valence-corrected chi connectivity index (χ1v) is 9.11. The van der Waals surface area contributed by atoms with Crippen LogP contribution in [-0.4, -0.2) is 24.3 Å². The molecule has 0 unspecified atom stereocenters. The number of rotatable bonds is 8. The number of para-hydroxylation sites is 1. The Balaban J connectivity index is 1.67. The summed E-state index contributed by atoms with van der Waals surface area (Å²) in [5.74, 6) is 1.35. The summed E-state index contributed by atoms with van der Waals surface area (Å²) >= 11 is 7.56. The summed E-state index contributed by atoms with van der Waals surface area (Å²) in [4.78, 5) is 12.0. The van der Waals surface area contributed by atoms with Crippen LogP contribution in [0.15, 0.2) is 48.5 Å². The second-order valence-electron chi connectivity index (χ2n) is 5.13. The molecule has 24 heavy (non-hydrogen) atoms. The molecule has 0 bridgehead atoms. The van der Waals surface area contributed by atoms with Gasteiger partial charge in [0, 0.05) is 18.1 Å². The Morgan fingerprint density at radius 1 is 1.25 bits per heavy atom. The number of hydrogen-bond acceptors (Lipinski definition) is 3. The Kier molecular flexibility index (Phi) is 7.40. The lowest BCUT2D eigenvalue weighted by Crippen LogP contribution is -2.37. The molecule has 0 spiro atoms. The van der Waals surface area contributed by atoms with Crippen LogP contribution in [0.25, 0.3) is 0 Å². The highest BCUT2D eigenvalue weighted by Crippen LogP contribution is 2.24. The third kappa shape index (κ3) is 5.73. The van der Waals surface area contributed by atoms with Gasteiger partial charge in [-0.25, -0.2) is 4.39 Å². The average Bonchev–Trinajstić information content (AvgIpc) is 2.58. The van der Waals surface area contributed by atoms with E-state index in [-0.39, 0.29) is 11.7 Å². The molecule has 0 saturated heterocycles. The third-order valence-corrected chi connectivity index (χ3v) is 4.59. The van der Waals surface area contributed by atoms with Crippen LogP contribution in [0.4, 0.5) is 4.39 Å². The normalized spacial score (nSPS) is 11.8. The minimum absolute atomic E-state index is 0.198. The van der Waals surface area contributed by atoms with Crippen molar-refractivity contribution in [3.05, 3.63) is 64.9 Å². The van der Waals surface area contributed by atoms with E-state index in [2.05, 4.69) is 5.32 Å². The fourth-order valence-electron chi connectivity index (χ4n) is 1.97. The van der Waals surface area contributed by atoms with Crippen molar-refractivity contribution in [3.8, 4) is 5.75 Å². The third-order valence-electron chi connectivity index (χ3n) is 3.27. The summed E-state index contributed by atoms with van der Waals surface area (Å²) in [5, 5.41) is 3.27.